The molecule has 0 heterocycles. The van der Waals surface area contributed by atoms with E-state index in [9.17, 15) is 19.0 Å². The predicted octanol–water partition coefficient (Wildman–Crippen LogP) is 12.8. The number of unbranched alkanes of at least 4 members (excludes halogenated alkanes) is 15. The van der Waals surface area contributed by atoms with Gasteiger partial charge in [-0.15, -0.1) is 0 Å². The van der Waals surface area contributed by atoms with Crippen LogP contribution in [-0.4, -0.2) is 70.0 Å². The Labute approximate surface area is 361 Å². The standard InChI is InChI=1S/C49H86NO8P/c1-6-8-10-12-14-16-18-20-22-24-26-27-29-31-33-35-37-39-41-48(51)55-45-47(46-57-59(53,54)56-44-43-50(3,4)5)58-49(52)42-40-38-36-34-32-30-28-25-23-21-19-17-15-13-11-9-7-2/h9,11,15-18,21-24,28,30,47H,6-8,10,12-14,19-20,25-27,29,31-46H2,1-5H3/b11-9-,17-15-,18-16-,23-21-,24-22-,30-28-. The number of nitrogens with zero attached hydrogens (tertiary/aromatic N) is 1. The molecule has 0 aliphatic rings. The minimum absolute atomic E-state index is 0.0409. The van der Waals surface area contributed by atoms with Crippen LogP contribution in [0.3, 0.4) is 0 Å². The molecule has 59 heavy (non-hydrogen) atoms. The van der Waals surface area contributed by atoms with Gasteiger partial charge in [0.2, 0.25) is 0 Å². The molecule has 0 N–H and O–H groups in total. The van der Waals surface area contributed by atoms with Crippen LogP contribution >= 0.6 is 7.82 Å². The van der Waals surface area contributed by atoms with Crippen molar-refractivity contribution in [1.29, 1.82) is 0 Å². The largest absolute Gasteiger partial charge is 0.756 e. The molecule has 0 aromatic carbocycles. The van der Waals surface area contributed by atoms with E-state index in [-0.39, 0.29) is 26.1 Å². The maximum atomic E-state index is 12.7. The zero-order valence-corrected chi connectivity index (χ0v) is 39.1. The van der Waals surface area contributed by atoms with Gasteiger partial charge in [-0.1, -0.05) is 151 Å². The molecule has 0 rings (SSSR count). The number of rotatable bonds is 41. The number of esters is 2. The third-order valence-corrected chi connectivity index (χ3v) is 10.4. The van der Waals surface area contributed by atoms with Gasteiger partial charge >= 0.3 is 11.9 Å². The maximum Gasteiger partial charge on any atom is 0.306 e. The van der Waals surface area contributed by atoms with E-state index < -0.39 is 32.5 Å². The van der Waals surface area contributed by atoms with Crippen LogP contribution in [-0.2, 0) is 32.7 Å². The molecule has 2 atom stereocenters. The molecule has 0 saturated heterocycles. The highest BCUT2D eigenvalue weighted by Crippen LogP contribution is 2.38. The lowest BCUT2D eigenvalue weighted by atomic mass is 10.1. The second-order valence-corrected chi connectivity index (χ2v) is 17.8. The van der Waals surface area contributed by atoms with Gasteiger partial charge in [0.25, 0.3) is 7.82 Å². The van der Waals surface area contributed by atoms with Gasteiger partial charge in [0.1, 0.15) is 19.8 Å². The van der Waals surface area contributed by atoms with Crippen LogP contribution in [0.2, 0.25) is 0 Å². The third-order valence-electron chi connectivity index (χ3n) is 9.46. The Hall–Kier alpha value is -2.55. The Morgan fingerprint density at radius 3 is 1.44 bits per heavy atom. The van der Waals surface area contributed by atoms with Gasteiger partial charge in [0, 0.05) is 12.8 Å². The van der Waals surface area contributed by atoms with E-state index in [1.54, 1.807) is 0 Å². The summed E-state index contributed by atoms with van der Waals surface area (Å²) >= 11 is 0. The zero-order valence-electron chi connectivity index (χ0n) is 38.2. The summed E-state index contributed by atoms with van der Waals surface area (Å²) in [4.78, 5) is 37.6. The number of phosphoric ester groups is 1. The fourth-order valence-corrected chi connectivity index (χ4v) is 6.58. The van der Waals surface area contributed by atoms with Crippen molar-refractivity contribution in [1.82, 2.24) is 0 Å². The summed E-state index contributed by atoms with van der Waals surface area (Å²) in [7, 11) is 1.13. The number of hydrogen-bond donors (Lipinski definition) is 0. The molecule has 2 unspecified atom stereocenters. The van der Waals surface area contributed by atoms with Crippen LogP contribution in [0, 0.1) is 0 Å². The van der Waals surface area contributed by atoms with Gasteiger partial charge in [0.05, 0.1) is 27.7 Å². The summed E-state index contributed by atoms with van der Waals surface area (Å²) < 4.78 is 33.9. The van der Waals surface area contributed by atoms with Crippen molar-refractivity contribution in [3.05, 3.63) is 72.9 Å². The normalized spacial score (nSPS) is 14.2. The molecule has 9 nitrogen and oxygen atoms in total. The molecule has 0 aliphatic heterocycles. The fourth-order valence-electron chi connectivity index (χ4n) is 5.85. The smallest absolute Gasteiger partial charge is 0.306 e. The maximum absolute atomic E-state index is 12.7. The highest BCUT2D eigenvalue weighted by atomic mass is 31.2. The van der Waals surface area contributed by atoms with Gasteiger partial charge in [-0.25, -0.2) is 0 Å². The van der Waals surface area contributed by atoms with Crippen LogP contribution in [0.5, 0.6) is 0 Å². The van der Waals surface area contributed by atoms with Crippen molar-refractivity contribution in [2.24, 2.45) is 0 Å². The van der Waals surface area contributed by atoms with Gasteiger partial charge in [0.15, 0.2) is 6.10 Å². The number of likely N-dealkylation sites (N-methyl/N-ethyl adjacent to an activating group) is 1. The minimum atomic E-state index is -4.64. The Bertz CT molecular complexity index is 1230. The van der Waals surface area contributed by atoms with E-state index in [1.807, 2.05) is 21.1 Å². The molecule has 0 spiro atoms. The molecular weight excluding hydrogens is 762 g/mol. The summed E-state index contributed by atoms with van der Waals surface area (Å²) in [6, 6.07) is 0. The number of carbonyl (C=O) groups excluding carboxylic acids is 2. The fraction of sp³-hybridized carbons (Fsp3) is 0.714. The van der Waals surface area contributed by atoms with Gasteiger partial charge in [-0.2, -0.15) is 0 Å². The Balaban J connectivity index is 4.40. The highest BCUT2D eigenvalue weighted by molar-refractivity contribution is 7.45. The van der Waals surface area contributed by atoms with E-state index in [2.05, 4.69) is 86.8 Å². The molecule has 0 amide bonds. The number of ether oxygens (including phenoxy) is 2. The quantitative estimate of drug-likeness (QED) is 0.0197. The number of carbonyl (C=O) groups is 2. The summed E-state index contributed by atoms with van der Waals surface area (Å²) in [5.41, 5.74) is 0. The molecule has 0 radical (unpaired) electrons. The first kappa shape index (κ1) is 56.5. The van der Waals surface area contributed by atoms with Crippen LogP contribution in [0.25, 0.3) is 0 Å². The van der Waals surface area contributed by atoms with E-state index in [1.165, 1.54) is 51.4 Å². The number of hydrogen-bond acceptors (Lipinski definition) is 8. The Morgan fingerprint density at radius 1 is 0.542 bits per heavy atom. The van der Waals surface area contributed by atoms with Crippen LogP contribution in [0.1, 0.15) is 174 Å². The van der Waals surface area contributed by atoms with Crippen molar-refractivity contribution in [2.75, 3.05) is 47.5 Å². The second kappa shape index (κ2) is 40.8. The van der Waals surface area contributed by atoms with Crippen LogP contribution < -0.4 is 4.89 Å². The first-order chi connectivity index (χ1) is 28.5. The molecule has 0 bridgehead atoms. The monoisotopic (exact) mass is 848 g/mol. The highest BCUT2D eigenvalue weighted by Gasteiger charge is 2.21. The third kappa shape index (κ3) is 44.8. The van der Waals surface area contributed by atoms with Crippen molar-refractivity contribution >= 4 is 19.8 Å². The molecule has 10 heteroatoms. The van der Waals surface area contributed by atoms with Gasteiger partial charge < -0.3 is 27.9 Å². The van der Waals surface area contributed by atoms with Crippen molar-refractivity contribution in [2.45, 2.75) is 180 Å². The Morgan fingerprint density at radius 2 is 0.966 bits per heavy atom. The molecule has 0 saturated carbocycles. The van der Waals surface area contributed by atoms with Gasteiger partial charge in [-0.05, 0) is 83.5 Å². The van der Waals surface area contributed by atoms with Crippen molar-refractivity contribution < 1.29 is 42.1 Å². The molecule has 0 aromatic rings. The SMILES string of the molecule is CC/C=C\C/C=C\C/C=C\C/C=C\CCCCCCC(=O)OC(COC(=O)CCCCCCCCC/C=C\C/C=C\CCCCCC)COP(=O)([O-])OCC[N+](C)(C)C. The van der Waals surface area contributed by atoms with Gasteiger partial charge in [-0.3, -0.25) is 14.2 Å². The first-order valence-electron chi connectivity index (χ1n) is 23.1. The summed E-state index contributed by atoms with van der Waals surface area (Å²) in [5.74, 6) is -0.876. The summed E-state index contributed by atoms with van der Waals surface area (Å²) in [5, 5.41) is 0. The average molecular weight is 848 g/mol. The predicted molar refractivity (Wildman–Crippen MR) is 245 cm³/mol. The lowest BCUT2D eigenvalue weighted by molar-refractivity contribution is -0.870. The average Bonchev–Trinajstić information content (AvgIpc) is 3.19. The summed E-state index contributed by atoms with van der Waals surface area (Å²) in [6.45, 7) is 4.05. The zero-order chi connectivity index (χ0) is 43.6. The lowest BCUT2D eigenvalue weighted by Gasteiger charge is -2.28. The minimum Gasteiger partial charge on any atom is -0.756 e. The van der Waals surface area contributed by atoms with E-state index in [0.29, 0.717) is 23.9 Å². The Kier molecular flexibility index (Phi) is 39.1. The lowest BCUT2D eigenvalue weighted by Crippen LogP contribution is -2.37. The van der Waals surface area contributed by atoms with Crippen LogP contribution in [0.15, 0.2) is 72.9 Å². The topological polar surface area (TPSA) is 111 Å². The molecule has 340 valence electrons. The summed E-state index contributed by atoms with van der Waals surface area (Å²) in [6.07, 6.45) is 50.7. The van der Waals surface area contributed by atoms with E-state index in [0.717, 1.165) is 83.5 Å². The second-order valence-electron chi connectivity index (χ2n) is 16.4. The van der Waals surface area contributed by atoms with Crippen LogP contribution in [0.4, 0.5) is 0 Å². The molecule has 0 fully saturated rings. The molecular formula is C49H86NO8P. The van der Waals surface area contributed by atoms with Crippen molar-refractivity contribution in [3.8, 4) is 0 Å². The van der Waals surface area contributed by atoms with E-state index in [4.69, 9.17) is 18.5 Å². The molecule has 0 aliphatic carbocycles. The number of phosphoric acid groups is 1. The first-order valence-corrected chi connectivity index (χ1v) is 24.6. The number of allylic oxidation sites excluding steroid dienone is 12. The van der Waals surface area contributed by atoms with Crippen molar-refractivity contribution in [3.63, 3.8) is 0 Å². The number of quaternary nitrogens is 1. The van der Waals surface area contributed by atoms with E-state index >= 15 is 0 Å². The molecule has 0 aromatic heterocycles.